The normalized spacial score (nSPS) is 11.2. The van der Waals surface area contributed by atoms with Gasteiger partial charge in [-0.3, -0.25) is 9.59 Å². The number of fused-ring (bicyclic) bond motifs is 2. The van der Waals surface area contributed by atoms with Crippen molar-refractivity contribution < 1.29 is 9.53 Å². The number of pyridine rings is 1. The first-order chi connectivity index (χ1) is 15.7. The van der Waals surface area contributed by atoms with Crippen LogP contribution in [0.5, 0.6) is 0 Å². The van der Waals surface area contributed by atoms with Crippen LogP contribution >= 0.6 is 0 Å². The van der Waals surface area contributed by atoms with E-state index < -0.39 is 0 Å². The summed E-state index contributed by atoms with van der Waals surface area (Å²) in [6.45, 7) is 1.87. The second-order valence-corrected chi connectivity index (χ2v) is 7.91. The van der Waals surface area contributed by atoms with Crippen LogP contribution in [0.2, 0.25) is 0 Å². The molecule has 4 aromatic rings. The molecule has 0 radical (unpaired) electrons. The molecule has 5 heteroatoms. The highest BCUT2D eigenvalue weighted by molar-refractivity contribution is 5.94. The summed E-state index contributed by atoms with van der Waals surface area (Å²) in [4.78, 5) is 28.2. The number of carbonyl (C=O) groups excluding carboxylic acids is 1. The minimum atomic E-state index is -0.000927. The molecule has 0 fully saturated rings. The number of nitrogens with zero attached hydrogens (tertiary/aromatic N) is 2. The van der Waals surface area contributed by atoms with Crippen LogP contribution in [0, 0.1) is 0 Å². The van der Waals surface area contributed by atoms with Crippen molar-refractivity contribution in [1.29, 1.82) is 0 Å². The minimum absolute atomic E-state index is 0.000927. The highest BCUT2D eigenvalue weighted by atomic mass is 16.5. The fraction of sp³-hybridized carbons (Fsp3) is 0.259. The lowest BCUT2D eigenvalue weighted by atomic mass is 10.1. The third-order valence-electron chi connectivity index (χ3n) is 5.83. The average molecular weight is 429 g/mol. The second-order valence-electron chi connectivity index (χ2n) is 7.91. The summed E-state index contributed by atoms with van der Waals surface area (Å²) < 4.78 is 7.22. The van der Waals surface area contributed by atoms with Crippen LogP contribution in [0.3, 0.4) is 0 Å². The Morgan fingerprint density at radius 2 is 1.44 bits per heavy atom. The van der Waals surface area contributed by atoms with Crippen molar-refractivity contribution in [3.63, 3.8) is 0 Å². The zero-order chi connectivity index (χ0) is 22.3. The van der Waals surface area contributed by atoms with Gasteiger partial charge < -0.3 is 14.2 Å². The van der Waals surface area contributed by atoms with Gasteiger partial charge in [0.25, 0.3) is 0 Å². The molecular weight excluding hydrogens is 400 g/mol. The van der Waals surface area contributed by atoms with Gasteiger partial charge in [-0.05, 0) is 42.7 Å². The number of amides is 1. The van der Waals surface area contributed by atoms with Crippen LogP contribution in [0.4, 0.5) is 0 Å². The predicted octanol–water partition coefficient (Wildman–Crippen LogP) is 4.26. The Kier molecular flexibility index (Phi) is 6.97. The molecule has 0 saturated carbocycles. The number of aromatic nitrogens is 1. The van der Waals surface area contributed by atoms with Gasteiger partial charge in [-0.2, -0.15) is 0 Å². The van der Waals surface area contributed by atoms with E-state index >= 15 is 0 Å². The van der Waals surface area contributed by atoms with Crippen molar-refractivity contribution in [2.45, 2.75) is 19.4 Å². The molecule has 0 aliphatic rings. The molecule has 0 spiro atoms. The summed E-state index contributed by atoms with van der Waals surface area (Å²) in [7, 11) is 1.65. The number of carbonyl (C=O) groups is 1. The van der Waals surface area contributed by atoms with Gasteiger partial charge in [-0.25, -0.2) is 0 Å². The van der Waals surface area contributed by atoms with E-state index in [1.165, 1.54) is 5.56 Å². The van der Waals surface area contributed by atoms with E-state index in [1.807, 2.05) is 76.2 Å². The lowest BCUT2D eigenvalue weighted by Crippen LogP contribution is -2.37. The van der Waals surface area contributed by atoms with Crippen LogP contribution in [0.15, 0.2) is 83.7 Å². The van der Waals surface area contributed by atoms with E-state index in [9.17, 15) is 9.59 Å². The summed E-state index contributed by atoms with van der Waals surface area (Å²) in [6.07, 6.45) is 1.80. The molecule has 0 unspecified atom stereocenters. The van der Waals surface area contributed by atoms with Gasteiger partial charge >= 0.3 is 0 Å². The quantitative estimate of drug-likeness (QED) is 0.374. The molecule has 5 nitrogen and oxygen atoms in total. The van der Waals surface area contributed by atoms with Gasteiger partial charge in [-0.1, -0.05) is 54.6 Å². The third kappa shape index (κ3) is 4.73. The topological polar surface area (TPSA) is 51.5 Å². The van der Waals surface area contributed by atoms with Crippen molar-refractivity contribution in [2.75, 3.05) is 26.8 Å². The van der Waals surface area contributed by atoms with Gasteiger partial charge in [-0.15, -0.1) is 0 Å². The molecule has 164 valence electrons. The molecule has 0 aliphatic heterocycles. The summed E-state index contributed by atoms with van der Waals surface area (Å²) in [5.41, 5.74) is 2.82. The number of aryl methyl sites for hydroxylation is 1. The molecule has 1 heterocycles. The Balaban J connectivity index is 1.61. The highest BCUT2D eigenvalue weighted by Gasteiger charge is 2.17. The second kappa shape index (κ2) is 10.2. The maximum atomic E-state index is 13.4. The summed E-state index contributed by atoms with van der Waals surface area (Å²) in [6, 6.07) is 25.3. The Morgan fingerprint density at radius 3 is 2.06 bits per heavy atom. The zero-order valence-electron chi connectivity index (χ0n) is 18.4. The lowest BCUT2D eigenvalue weighted by molar-refractivity contribution is -0.132. The zero-order valence-corrected chi connectivity index (χ0v) is 18.4. The van der Waals surface area contributed by atoms with E-state index in [0.29, 0.717) is 30.5 Å². The van der Waals surface area contributed by atoms with E-state index in [4.69, 9.17) is 4.74 Å². The van der Waals surface area contributed by atoms with Gasteiger partial charge in [0, 0.05) is 31.0 Å². The van der Waals surface area contributed by atoms with Crippen LogP contribution in [0.1, 0.15) is 12.0 Å². The van der Waals surface area contributed by atoms with E-state index in [2.05, 4.69) is 12.1 Å². The maximum Gasteiger partial charge on any atom is 0.242 e. The maximum absolute atomic E-state index is 13.4. The largest absolute Gasteiger partial charge is 0.383 e. The van der Waals surface area contributed by atoms with Crippen LogP contribution in [-0.4, -0.2) is 42.2 Å². The molecule has 32 heavy (non-hydrogen) atoms. The van der Waals surface area contributed by atoms with Crippen LogP contribution in [-0.2, 0) is 22.5 Å². The van der Waals surface area contributed by atoms with Gasteiger partial charge in [0.05, 0.1) is 17.6 Å². The van der Waals surface area contributed by atoms with Crippen LogP contribution in [0.25, 0.3) is 21.8 Å². The first kappa shape index (κ1) is 21.8. The van der Waals surface area contributed by atoms with Gasteiger partial charge in [0.15, 0.2) is 5.43 Å². The molecule has 1 amide bonds. The van der Waals surface area contributed by atoms with E-state index in [0.717, 1.165) is 23.9 Å². The molecule has 0 saturated heterocycles. The van der Waals surface area contributed by atoms with Crippen molar-refractivity contribution in [3.8, 4) is 0 Å². The number of hydrogen-bond donors (Lipinski definition) is 0. The van der Waals surface area contributed by atoms with E-state index in [-0.39, 0.29) is 17.9 Å². The summed E-state index contributed by atoms with van der Waals surface area (Å²) >= 11 is 0. The summed E-state index contributed by atoms with van der Waals surface area (Å²) in [5.74, 6) is 0.0223. The predicted molar refractivity (Wildman–Crippen MR) is 129 cm³/mol. The smallest absolute Gasteiger partial charge is 0.242 e. The Labute approximate surface area is 187 Å². The summed E-state index contributed by atoms with van der Waals surface area (Å²) in [5, 5.41) is 1.26. The highest BCUT2D eigenvalue weighted by Crippen LogP contribution is 2.19. The standard InChI is InChI=1S/C27H28N2O3/c1-32-19-18-28(17-9-12-21-10-3-2-4-11-21)26(30)20-29-24-15-7-5-13-22(24)27(31)23-14-6-8-16-25(23)29/h2-8,10-11,13-16H,9,12,17-20H2,1H3. The van der Waals surface area contributed by atoms with Crippen molar-refractivity contribution in [1.82, 2.24) is 9.47 Å². The fourth-order valence-corrected chi connectivity index (χ4v) is 4.16. The number of benzene rings is 3. The number of rotatable bonds is 9. The first-order valence-electron chi connectivity index (χ1n) is 11.0. The molecule has 3 aromatic carbocycles. The molecule has 0 atom stereocenters. The lowest BCUT2D eigenvalue weighted by Gasteiger charge is -2.24. The van der Waals surface area contributed by atoms with Crippen LogP contribution < -0.4 is 5.43 Å². The molecule has 0 bridgehead atoms. The van der Waals surface area contributed by atoms with E-state index in [1.54, 1.807) is 7.11 Å². The Bertz CT molecular complexity index is 1200. The number of hydrogen-bond acceptors (Lipinski definition) is 3. The molecule has 0 N–H and O–H groups in total. The number of ether oxygens (including phenoxy) is 1. The molecule has 4 rings (SSSR count). The number of methoxy groups -OCH3 is 1. The molecule has 1 aromatic heterocycles. The Hall–Kier alpha value is -3.44. The Morgan fingerprint density at radius 1 is 0.844 bits per heavy atom. The SMILES string of the molecule is COCCN(CCCc1ccccc1)C(=O)Cn1c2ccccc2c(=O)c2ccccc21. The third-order valence-corrected chi connectivity index (χ3v) is 5.83. The molecule has 0 aliphatic carbocycles. The fourth-order valence-electron chi connectivity index (χ4n) is 4.16. The van der Waals surface area contributed by atoms with Crippen molar-refractivity contribution in [2.24, 2.45) is 0 Å². The number of para-hydroxylation sites is 2. The average Bonchev–Trinajstić information content (AvgIpc) is 2.84. The molecular formula is C27H28N2O3. The van der Waals surface area contributed by atoms with Crippen molar-refractivity contribution >= 4 is 27.7 Å². The van der Waals surface area contributed by atoms with Gasteiger partial charge in [0.1, 0.15) is 6.54 Å². The minimum Gasteiger partial charge on any atom is -0.383 e. The monoisotopic (exact) mass is 428 g/mol. The van der Waals surface area contributed by atoms with Crippen molar-refractivity contribution in [3.05, 3.63) is 94.6 Å². The van der Waals surface area contributed by atoms with Gasteiger partial charge in [0.2, 0.25) is 5.91 Å². The first-order valence-corrected chi connectivity index (χ1v) is 11.0.